The van der Waals surface area contributed by atoms with E-state index in [0.717, 1.165) is 6.42 Å². The van der Waals surface area contributed by atoms with Gasteiger partial charge in [-0.25, -0.2) is 14.4 Å². The lowest BCUT2D eigenvalue weighted by molar-refractivity contribution is -0.147. The van der Waals surface area contributed by atoms with Crippen LogP contribution in [-0.4, -0.2) is 44.8 Å². The van der Waals surface area contributed by atoms with Crippen LogP contribution in [0.2, 0.25) is 0 Å². The molecule has 0 saturated heterocycles. The maximum absolute atomic E-state index is 13.3. The van der Waals surface area contributed by atoms with E-state index in [9.17, 15) is 14.4 Å². The summed E-state index contributed by atoms with van der Waals surface area (Å²) in [5.41, 5.74) is 4.84. The molecular weight excluding hydrogens is 404 g/mol. The minimum absolute atomic E-state index is 0.0360. The number of benzene rings is 1. The van der Waals surface area contributed by atoms with Crippen LogP contribution in [0.15, 0.2) is 47.0 Å². The van der Waals surface area contributed by atoms with Crippen LogP contribution < -0.4 is 11.1 Å². The third kappa shape index (κ3) is 3.76. The largest absolute Gasteiger partial charge is 0.462 e. The molecule has 1 aromatic rings. The minimum Gasteiger partial charge on any atom is -0.462 e. The monoisotopic (exact) mass is 430 g/mol. The van der Waals surface area contributed by atoms with E-state index >= 15 is 0 Å². The van der Waals surface area contributed by atoms with Crippen LogP contribution in [-0.2, 0) is 38.7 Å². The zero-order chi connectivity index (χ0) is 22.6. The van der Waals surface area contributed by atoms with E-state index in [1.165, 1.54) is 14.0 Å². The first-order valence-corrected chi connectivity index (χ1v) is 10.0. The number of hydrogen-bond donors (Lipinski definition) is 2. The summed E-state index contributed by atoms with van der Waals surface area (Å²) in [7, 11) is 1.47. The van der Waals surface area contributed by atoms with Gasteiger partial charge in [-0.05, 0) is 19.4 Å². The smallest absolute Gasteiger partial charge is 0.339 e. The Bertz CT molecular complexity index is 966. The SMILES string of the molecule is CCCCOC(=O)C1=C(N)Nc2ccccc2[C@@]12C(=O)OC(C)=C2C(=O)OCCOC. The molecule has 0 bridgehead atoms. The summed E-state index contributed by atoms with van der Waals surface area (Å²) in [4.78, 5) is 39.6. The molecule has 0 amide bonds. The molecule has 2 aliphatic heterocycles. The third-order valence-corrected chi connectivity index (χ3v) is 5.18. The van der Waals surface area contributed by atoms with Crippen LogP contribution in [0.1, 0.15) is 32.3 Å². The van der Waals surface area contributed by atoms with Gasteiger partial charge in [-0.3, -0.25) is 0 Å². The van der Waals surface area contributed by atoms with Gasteiger partial charge in [-0.1, -0.05) is 31.5 Å². The number of hydrogen-bond acceptors (Lipinski definition) is 9. The lowest BCUT2D eigenvalue weighted by Crippen LogP contribution is -2.48. The molecule has 2 aliphatic rings. The van der Waals surface area contributed by atoms with Gasteiger partial charge < -0.3 is 30.0 Å². The van der Waals surface area contributed by atoms with Crippen LogP contribution in [0.25, 0.3) is 0 Å². The van der Waals surface area contributed by atoms with Gasteiger partial charge in [0.05, 0.1) is 13.2 Å². The molecule has 166 valence electrons. The molecule has 2 heterocycles. The van der Waals surface area contributed by atoms with Crippen LogP contribution in [0.4, 0.5) is 5.69 Å². The van der Waals surface area contributed by atoms with E-state index < -0.39 is 23.3 Å². The van der Waals surface area contributed by atoms with Crippen LogP contribution in [0.3, 0.4) is 0 Å². The molecule has 1 spiro atoms. The van der Waals surface area contributed by atoms with Gasteiger partial charge in [-0.15, -0.1) is 0 Å². The number of nitrogens with one attached hydrogen (secondary N) is 1. The Hall–Kier alpha value is -3.33. The van der Waals surface area contributed by atoms with Crippen LogP contribution >= 0.6 is 0 Å². The fraction of sp³-hybridized carbons (Fsp3) is 0.409. The number of para-hydroxylation sites is 1. The predicted molar refractivity (Wildman–Crippen MR) is 110 cm³/mol. The second-order valence-corrected chi connectivity index (χ2v) is 7.15. The second-order valence-electron chi connectivity index (χ2n) is 7.15. The average molecular weight is 430 g/mol. The minimum atomic E-state index is -1.90. The van der Waals surface area contributed by atoms with Crippen molar-refractivity contribution in [2.75, 3.05) is 32.2 Å². The number of rotatable bonds is 8. The molecule has 1 aromatic carbocycles. The maximum atomic E-state index is 13.3. The van der Waals surface area contributed by atoms with E-state index in [1.54, 1.807) is 24.3 Å². The highest BCUT2D eigenvalue weighted by Crippen LogP contribution is 2.52. The molecule has 0 saturated carbocycles. The van der Waals surface area contributed by atoms with Crippen LogP contribution in [0, 0.1) is 0 Å². The zero-order valence-corrected chi connectivity index (χ0v) is 17.8. The van der Waals surface area contributed by atoms with Gasteiger partial charge in [0.1, 0.15) is 29.3 Å². The van der Waals surface area contributed by atoms with E-state index in [2.05, 4.69) is 5.32 Å². The highest BCUT2D eigenvalue weighted by atomic mass is 16.6. The standard InChI is InChI=1S/C22H26N2O7/c1-4-5-10-29-20(26)17-18(23)24-15-9-7-6-8-14(15)22(17)16(13(2)31-21(22)27)19(25)30-12-11-28-3/h6-9,24H,4-5,10-12,23H2,1-3H3/t22-/m0/s1. The van der Waals surface area contributed by atoms with E-state index in [1.807, 2.05) is 6.92 Å². The van der Waals surface area contributed by atoms with Gasteiger partial charge in [0.25, 0.3) is 0 Å². The number of allylic oxidation sites excluding steroid dienone is 1. The maximum Gasteiger partial charge on any atom is 0.339 e. The lowest BCUT2D eigenvalue weighted by Gasteiger charge is -2.36. The van der Waals surface area contributed by atoms with Crippen molar-refractivity contribution >= 4 is 23.6 Å². The highest BCUT2D eigenvalue weighted by Gasteiger charge is 2.62. The van der Waals surface area contributed by atoms with Crippen LogP contribution in [0.5, 0.6) is 0 Å². The molecule has 3 N–H and O–H groups in total. The van der Waals surface area contributed by atoms with Gasteiger partial charge in [0.2, 0.25) is 0 Å². The van der Waals surface area contributed by atoms with Crippen molar-refractivity contribution in [2.24, 2.45) is 5.73 Å². The normalized spacial score (nSPS) is 19.8. The summed E-state index contributed by atoms with van der Waals surface area (Å²) in [5, 5.41) is 2.93. The molecule has 0 aromatic heterocycles. The number of carbonyl (C=O) groups excluding carboxylic acids is 3. The van der Waals surface area contributed by atoms with E-state index in [4.69, 9.17) is 24.7 Å². The summed E-state index contributed by atoms with van der Waals surface area (Å²) in [6, 6.07) is 6.76. The summed E-state index contributed by atoms with van der Waals surface area (Å²) in [6.45, 7) is 3.71. The van der Waals surface area contributed by atoms with Crippen molar-refractivity contribution in [3.8, 4) is 0 Å². The summed E-state index contributed by atoms with van der Waals surface area (Å²) in [6.07, 6.45) is 1.45. The predicted octanol–water partition coefficient (Wildman–Crippen LogP) is 1.88. The molecule has 0 radical (unpaired) electrons. The number of fused-ring (bicyclic) bond motifs is 2. The number of nitrogens with two attached hydrogens (primary N) is 1. The average Bonchev–Trinajstić information content (AvgIpc) is 2.98. The van der Waals surface area contributed by atoms with Gasteiger partial charge in [0, 0.05) is 18.4 Å². The number of unbranched alkanes of at least 4 members (excludes halogenated alkanes) is 1. The highest BCUT2D eigenvalue weighted by molar-refractivity contribution is 6.15. The Morgan fingerprint density at radius 2 is 1.77 bits per heavy atom. The first-order valence-electron chi connectivity index (χ1n) is 10.0. The number of methoxy groups -OCH3 is 1. The fourth-order valence-electron chi connectivity index (χ4n) is 3.80. The van der Waals surface area contributed by atoms with Gasteiger partial charge in [0.15, 0.2) is 5.41 Å². The second kappa shape index (κ2) is 9.22. The molecule has 9 heteroatoms. The Morgan fingerprint density at radius 3 is 2.48 bits per heavy atom. The number of esters is 3. The molecule has 1 atom stereocenters. The van der Waals surface area contributed by atoms with Crippen molar-refractivity contribution in [3.63, 3.8) is 0 Å². The fourth-order valence-corrected chi connectivity index (χ4v) is 3.80. The summed E-state index contributed by atoms with van der Waals surface area (Å²) < 4.78 is 21.0. The van der Waals surface area contributed by atoms with Crippen molar-refractivity contribution < 1.29 is 33.3 Å². The number of anilines is 1. The molecule has 3 rings (SSSR count). The quantitative estimate of drug-likeness (QED) is 0.361. The number of cyclic esters (lactones) is 1. The molecule has 0 unspecified atom stereocenters. The molecule has 0 fully saturated rings. The Morgan fingerprint density at radius 1 is 1.10 bits per heavy atom. The van der Waals surface area contributed by atoms with E-state index in [-0.39, 0.29) is 42.5 Å². The zero-order valence-electron chi connectivity index (χ0n) is 17.8. The lowest BCUT2D eigenvalue weighted by atomic mass is 9.67. The first-order chi connectivity index (χ1) is 14.9. The van der Waals surface area contributed by atoms with Crippen molar-refractivity contribution in [2.45, 2.75) is 32.1 Å². The summed E-state index contributed by atoms with van der Waals surface area (Å²) >= 11 is 0. The van der Waals surface area contributed by atoms with Gasteiger partial charge in [-0.2, -0.15) is 0 Å². The number of ether oxygens (including phenoxy) is 4. The Balaban J connectivity index is 2.18. The Kier molecular flexibility index (Phi) is 6.65. The van der Waals surface area contributed by atoms with Crippen molar-refractivity contribution in [3.05, 3.63) is 52.6 Å². The molecular formula is C22H26N2O7. The Labute approximate surface area is 180 Å². The van der Waals surface area contributed by atoms with Crippen molar-refractivity contribution in [1.29, 1.82) is 0 Å². The van der Waals surface area contributed by atoms with Crippen molar-refractivity contribution in [1.82, 2.24) is 0 Å². The topological polar surface area (TPSA) is 126 Å². The number of carbonyl (C=O) groups is 3. The molecule has 9 nitrogen and oxygen atoms in total. The summed E-state index contributed by atoms with van der Waals surface area (Å²) in [5.74, 6) is -2.47. The third-order valence-electron chi connectivity index (χ3n) is 5.18. The molecule has 31 heavy (non-hydrogen) atoms. The molecule has 0 aliphatic carbocycles. The van der Waals surface area contributed by atoms with Gasteiger partial charge >= 0.3 is 17.9 Å². The first kappa shape index (κ1) is 22.4. The van der Waals surface area contributed by atoms with E-state index in [0.29, 0.717) is 17.7 Å².